The molecule has 0 atom stereocenters. The van der Waals surface area contributed by atoms with Gasteiger partial charge in [0.05, 0.1) is 6.54 Å². The molecule has 0 fully saturated rings. The second-order valence-corrected chi connectivity index (χ2v) is 4.38. The first-order valence-corrected chi connectivity index (χ1v) is 5.69. The highest BCUT2D eigenvalue weighted by Gasteiger charge is 2.06. The van der Waals surface area contributed by atoms with Crippen molar-refractivity contribution in [2.75, 3.05) is 20.1 Å². The topological polar surface area (TPSA) is 32.3 Å². The largest absolute Gasteiger partial charge is 0.352 e. The van der Waals surface area contributed by atoms with Gasteiger partial charge in [-0.1, -0.05) is 12.1 Å². The van der Waals surface area contributed by atoms with Crippen molar-refractivity contribution in [3.05, 3.63) is 35.0 Å². The first-order valence-electron chi connectivity index (χ1n) is 4.81. The molecule has 3 nitrogen and oxygen atoms in total. The zero-order chi connectivity index (χ0) is 11.1. The molecule has 0 saturated carbocycles. The van der Waals surface area contributed by atoms with Gasteiger partial charge in [-0.2, -0.15) is 0 Å². The van der Waals surface area contributed by atoms with E-state index >= 15 is 0 Å². The molecule has 0 aliphatic heterocycles. The summed E-state index contributed by atoms with van der Waals surface area (Å²) >= 11 is 1.71. The van der Waals surface area contributed by atoms with Crippen LogP contribution in [-0.4, -0.2) is 30.9 Å². The summed E-state index contributed by atoms with van der Waals surface area (Å²) in [5.41, 5.74) is 0. The molecule has 4 heteroatoms. The van der Waals surface area contributed by atoms with Gasteiger partial charge in [-0.25, -0.2) is 0 Å². The van der Waals surface area contributed by atoms with Crippen LogP contribution in [0.5, 0.6) is 0 Å². The molecule has 1 N–H and O–H groups in total. The van der Waals surface area contributed by atoms with Crippen LogP contribution in [0, 0.1) is 0 Å². The maximum Gasteiger partial charge on any atom is 0.234 e. The first-order chi connectivity index (χ1) is 7.22. The SMILES string of the molecule is C=CCNC(=O)CN(C)Cc1cccs1. The average Bonchev–Trinajstić information content (AvgIpc) is 2.67. The van der Waals surface area contributed by atoms with Crippen molar-refractivity contribution in [2.24, 2.45) is 0 Å². The maximum absolute atomic E-state index is 11.3. The number of nitrogens with zero attached hydrogens (tertiary/aromatic N) is 1. The van der Waals surface area contributed by atoms with Gasteiger partial charge in [0.15, 0.2) is 0 Å². The van der Waals surface area contributed by atoms with E-state index in [4.69, 9.17) is 0 Å². The number of nitrogens with one attached hydrogen (secondary N) is 1. The fourth-order valence-electron chi connectivity index (χ4n) is 1.21. The van der Waals surface area contributed by atoms with E-state index in [-0.39, 0.29) is 5.91 Å². The van der Waals surface area contributed by atoms with Crippen LogP contribution in [-0.2, 0) is 11.3 Å². The predicted molar refractivity (Wildman–Crippen MR) is 63.9 cm³/mol. The maximum atomic E-state index is 11.3. The Bertz CT molecular complexity index is 308. The Labute approximate surface area is 94.4 Å². The number of amides is 1. The van der Waals surface area contributed by atoms with Crippen LogP contribution in [0.15, 0.2) is 30.2 Å². The van der Waals surface area contributed by atoms with Crippen molar-refractivity contribution in [1.29, 1.82) is 0 Å². The van der Waals surface area contributed by atoms with E-state index in [1.54, 1.807) is 17.4 Å². The number of carbonyl (C=O) groups excluding carboxylic acids is 1. The van der Waals surface area contributed by atoms with Gasteiger partial charge in [-0.15, -0.1) is 17.9 Å². The predicted octanol–water partition coefficient (Wildman–Crippen LogP) is 1.48. The molecule has 0 aromatic carbocycles. The van der Waals surface area contributed by atoms with Crippen LogP contribution in [0.25, 0.3) is 0 Å². The van der Waals surface area contributed by atoms with E-state index in [1.165, 1.54) is 4.88 Å². The van der Waals surface area contributed by atoms with Crippen molar-refractivity contribution in [3.8, 4) is 0 Å². The van der Waals surface area contributed by atoms with Gasteiger partial charge in [0.25, 0.3) is 0 Å². The number of likely N-dealkylation sites (N-methyl/N-ethyl adjacent to an activating group) is 1. The van der Waals surface area contributed by atoms with Gasteiger partial charge in [0.2, 0.25) is 5.91 Å². The fourth-order valence-corrected chi connectivity index (χ4v) is 2.00. The molecule has 0 bridgehead atoms. The van der Waals surface area contributed by atoms with Gasteiger partial charge in [-0.05, 0) is 18.5 Å². The van der Waals surface area contributed by atoms with E-state index in [0.29, 0.717) is 13.1 Å². The van der Waals surface area contributed by atoms with E-state index in [9.17, 15) is 4.79 Å². The second kappa shape index (κ2) is 6.37. The van der Waals surface area contributed by atoms with E-state index < -0.39 is 0 Å². The zero-order valence-electron chi connectivity index (χ0n) is 8.90. The lowest BCUT2D eigenvalue weighted by atomic mass is 10.4. The lowest BCUT2D eigenvalue weighted by Crippen LogP contribution is -2.34. The molecule has 1 amide bonds. The van der Waals surface area contributed by atoms with Gasteiger partial charge in [0.1, 0.15) is 0 Å². The molecular weight excluding hydrogens is 208 g/mol. The summed E-state index contributed by atoms with van der Waals surface area (Å²) in [6, 6.07) is 4.09. The van der Waals surface area contributed by atoms with Crippen LogP contribution in [0.3, 0.4) is 0 Å². The number of rotatable bonds is 6. The van der Waals surface area contributed by atoms with Gasteiger partial charge in [-0.3, -0.25) is 9.69 Å². The molecule has 0 saturated heterocycles. The van der Waals surface area contributed by atoms with Crippen LogP contribution in [0.4, 0.5) is 0 Å². The van der Waals surface area contributed by atoms with Crippen LogP contribution < -0.4 is 5.32 Å². The lowest BCUT2D eigenvalue weighted by molar-refractivity contribution is -0.121. The van der Waals surface area contributed by atoms with Crippen molar-refractivity contribution in [2.45, 2.75) is 6.54 Å². The van der Waals surface area contributed by atoms with Gasteiger partial charge < -0.3 is 5.32 Å². The lowest BCUT2D eigenvalue weighted by Gasteiger charge is -2.14. The number of carbonyl (C=O) groups is 1. The fraction of sp³-hybridized carbons (Fsp3) is 0.364. The Hall–Kier alpha value is -1.13. The summed E-state index contributed by atoms with van der Waals surface area (Å²) in [6.07, 6.45) is 1.68. The summed E-state index contributed by atoms with van der Waals surface area (Å²) in [5, 5.41) is 4.79. The van der Waals surface area contributed by atoms with Crippen molar-refractivity contribution < 1.29 is 4.79 Å². The molecule has 1 heterocycles. The number of hydrogen-bond donors (Lipinski definition) is 1. The average molecular weight is 224 g/mol. The Morgan fingerprint density at radius 2 is 2.53 bits per heavy atom. The zero-order valence-corrected chi connectivity index (χ0v) is 9.72. The van der Waals surface area contributed by atoms with Gasteiger partial charge >= 0.3 is 0 Å². The van der Waals surface area contributed by atoms with Crippen LogP contribution in [0.2, 0.25) is 0 Å². The quantitative estimate of drug-likeness (QED) is 0.742. The third-order valence-corrected chi connectivity index (χ3v) is 2.72. The second-order valence-electron chi connectivity index (χ2n) is 3.34. The Morgan fingerprint density at radius 3 is 3.13 bits per heavy atom. The van der Waals surface area contributed by atoms with Crippen molar-refractivity contribution in [3.63, 3.8) is 0 Å². The molecule has 0 aliphatic carbocycles. The highest BCUT2D eigenvalue weighted by atomic mass is 32.1. The Morgan fingerprint density at radius 1 is 1.73 bits per heavy atom. The third-order valence-electron chi connectivity index (χ3n) is 1.86. The summed E-state index contributed by atoms with van der Waals surface area (Å²) in [4.78, 5) is 14.6. The highest BCUT2D eigenvalue weighted by molar-refractivity contribution is 7.09. The standard InChI is InChI=1S/C11H16N2OS/c1-3-6-12-11(14)9-13(2)8-10-5-4-7-15-10/h3-5,7H,1,6,8-9H2,2H3,(H,12,14). The molecule has 1 aromatic heterocycles. The van der Waals surface area contributed by atoms with Crippen molar-refractivity contribution in [1.82, 2.24) is 10.2 Å². The minimum Gasteiger partial charge on any atom is -0.352 e. The summed E-state index contributed by atoms with van der Waals surface area (Å²) < 4.78 is 0. The summed E-state index contributed by atoms with van der Waals surface area (Å²) in [7, 11) is 1.94. The molecular formula is C11H16N2OS. The van der Waals surface area contributed by atoms with Gasteiger partial charge in [0, 0.05) is 18.0 Å². The highest BCUT2D eigenvalue weighted by Crippen LogP contribution is 2.10. The van der Waals surface area contributed by atoms with E-state index in [0.717, 1.165) is 6.54 Å². The number of thiophene rings is 1. The van der Waals surface area contributed by atoms with Crippen LogP contribution in [0.1, 0.15) is 4.88 Å². The van der Waals surface area contributed by atoms with Crippen molar-refractivity contribution >= 4 is 17.2 Å². The summed E-state index contributed by atoms with van der Waals surface area (Å²) in [6.45, 7) is 5.32. The van der Waals surface area contributed by atoms with E-state index in [2.05, 4.69) is 18.0 Å². The molecule has 1 aromatic rings. The molecule has 0 radical (unpaired) electrons. The Balaban J connectivity index is 2.26. The molecule has 82 valence electrons. The van der Waals surface area contributed by atoms with E-state index in [1.807, 2.05) is 23.4 Å². The minimum atomic E-state index is 0.0361. The molecule has 0 spiro atoms. The smallest absolute Gasteiger partial charge is 0.234 e. The molecule has 15 heavy (non-hydrogen) atoms. The summed E-state index contributed by atoms with van der Waals surface area (Å²) in [5.74, 6) is 0.0361. The normalized spacial score (nSPS) is 10.3. The monoisotopic (exact) mass is 224 g/mol. The third kappa shape index (κ3) is 4.76. The molecule has 1 rings (SSSR count). The Kier molecular flexibility index (Phi) is 5.07. The van der Waals surface area contributed by atoms with Crippen LogP contribution >= 0.6 is 11.3 Å². The minimum absolute atomic E-state index is 0.0361. The number of hydrogen-bond acceptors (Lipinski definition) is 3. The molecule has 0 unspecified atom stereocenters. The molecule has 0 aliphatic rings. The first kappa shape index (κ1) is 11.9.